The molecule has 1 heterocycles. The number of anilines is 1. The molecule has 2 rings (SSSR count). The monoisotopic (exact) mass is 290 g/mol. The Morgan fingerprint density at radius 3 is 2.80 bits per heavy atom. The molecule has 0 aliphatic heterocycles. The van der Waals surface area contributed by atoms with E-state index in [-0.39, 0.29) is 0 Å². The summed E-state index contributed by atoms with van der Waals surface area (Å²) in [6.45, 7) is 0.659. The van der Waals surface area contributed by atoms with Crippen molar-refractivity contribution < 1.29 is 4.74 Å². The third kappa shape index (κ3) is 2.91. The fourth-order valence-electron chi connectivity index (χ4n) is 2.01. The van der Waals surface area contributed by atoms with E-state index in [1.165, 1.54) is 0 Å². The number of imidazole rings is 1. The van der Waals surface area contributed by atoms with E-state index in [9.17, 15) is 0 Å². The van der Waals surface area contributed by atoms with Crippen molar-refractivity contribution in [1.29, 1.82) is 0 Å². The summed E-state index contributed by atoms with van der Waals surface area (Å²) in [5.74, 6) is 1.73. The zero-order chi connectivity index (χ0) is 14.7. The van der Waals surface area contributed by atoms with Crippen LogP contribution in [0.3, 0.4) is 0 Å². The second kappa shape index (κ2) is 5.92. The summed E-state index contributed by atoms with van der Waals surface area (Å²) in [5, 5.41) is 0. The molecule has 0 spiro atoms. The molecular formula is C14H18N4OS. The van der Waals surface area contributed by atoms with Crippen LogP contribution in [0.25, 0.3) is 0 Å². The molecule has 2 aromatic rings. The van der Waals surface area contributed by atoms with Crippen molar-refractivity contribution in [3.8, 4) is 5.75 Å². The van der Waals surface area contributed by atoms with Crippen LogP contribution in [0.5, 0.6) is 5.75 Å². The first-order valence-electron chi connectivity index (χ1n) is 6.18. The highest BCUT2D eigenvalue weighted by atomic mass is 32.1. The number of nitrogens with zero attached hydrogens (tertiary/aromatic N) is 3. The van der Waals surface area contributed by atoms with E-state index < -0.39 is 0 Å². The summed E-state index contributed by atoms with van der Waals surface area (Å²) >= 11 is 5.11. The molecular weight excluding hydrogens is 272 g/mol. The van der Waals surface area contributed by atoms with E-state index in [0.29, 0.717) is 11.5 Å². The van der Waals surface area contributed by atoms with Crippen molar-refractivity contribution in [2.24, 2.45) is 12.8 Å². The first-order chi connectivity index (χ1) is 9.52. The molecule has 0 fully saturated rings. The summed E-state index contributed by atoms with van der Waals surface area (Å²) in [6.07, 6.45) is 3.70. The van der Waals surface area contributed by atoms with E-state index in [0.717, 1.165) is 22.8 Å². The van der Waals surface area contributed by atoms with Gasteiger partial charge in [-0.15, -0.1) is 0 Å². The smallest absolute Gasteiger partial charge is 0.127 e. The van der Waals surface area contributed by atoms with Crippen LogP contribution in [0.15, 0.2) is 30.6 Å². The summed E-state index contributed by atoms with van der Waals surface area (Å²) in [7, 11) is 5.58. The Balaban J connectivity index is 2.34. The van der Waals surface area contributed by atoms with E-state index in [4.69, 9.17) is 22.7 Å². The lowest BCUT2D eigenvalue weighted by atomic mass is 10.1. The lowest BCUT2D eigenvalue weighted by molar-refractivity contribution is 0.415. The summed E-state index contributed by atoms with van der Waals surface area (Å²) in [4.78, 5) is 6.75. The zero-order valence-electron chi connectivity index (χ0n) is 11.8. The lowest BCUT2D eigenvalue weighted by Gasteiger charge is -2.22. The fraction of sp³-hybridized carbons (Fsp3) is 0.286. The van der Waals surface area contributed by atoms with Crippen molar-refractivity contribution in [3.63, 3.8) is 0 Å². The van der Waals surface area contributed by atoms with Crippen LogP contribution in [0, 0.1) is 0 Å². The van der Waals surface area contributed by atoms with Crippen LogP contribution in [0.1, 0.15) is 11.4 Å². The van der Waals surface area contributed by atoms with Crippen molar-refractivity contribution in [2.45, 2.75) is 6.54 Å². The molecule has 0 atom stereocenters. The van der Waals surface area contributed by atoms with Crippen LogP contribution < -0.4 is 15.4 Å². The number of benzene rings is 1. The Labute approximate surface area is 124 Å². The van der Waals surface area contributed by atoms with E-state index >= 15 is 0 Å². The van der Waals surface area contributed by atoms with Crippen LogP contribution in [-0.4, -0.2) is 28.7 Å². The molecule has 106 valence electrons. The van der Waals surface area contributed by atoms with Gasteiger partial charge in [-0.2, -0.15) is 0 Å². The first-order valence-corrected chi connectivity index (χ1v) is 6.59. The van der Waals surface area contributed by atoms with Gasteiger partial charge in [0.15, 0.2) is 0 Å². The standard InChI is InChI=1S/C14H18N4OS/c1-17-7-6-16-13(17)9-18(2)12-8-10(19-3)4-5-11(12)14(15)20/h4-8H,9H2,1-3H3,(H2,15,20). The highest BCUT2D eigenvalue weighted by molar-refractivity contribution is 7.80. The molecule has 5 nitrogen and oxygen atoms in total. The second-order valence-corrected chi connectivity index (χ2v) is 5.00. The highest BCUT2D eigenvalue weighted by Crippen LogP contribution is 2.26. The number of thiocarbonyl (C=S) groups is 1. The van der Waals surface area contributed by atoms with Gasteiger partial charge in [-0.3, -0.25) is 0 Å². The van der Waals surface area contributed by atoms with Crippen molar-refractivity contribution >= 4 is 22.9 Å². The minimum atomic E-state index is 0.370. The van der Waals surface area contributed by atoms with Gasteiger partial charge in [-0.1, -0.05) is 12.2 Å². The van der Waals surface area contributed by atoms with E-state index in [1.807, 2.05) is 43.1 Å². The average molecular weight is 290 g/mol. The summed E-state index contributed by atoms with van der Waals surface area (Å²) in [5.41, 5.74) is 7.55. The fourth-order valence-corrected chi connectivity index (χ4v) is 2.18. The Morgan fingerprint density at radius 2 is 2.25 bits per heavy atom. The number of hydrogen-bond donors (Lipinski definition) is 1. The molecule has 0 bridgehead atoms. The topological polar surface area (TPSA) is 56.3 Å². The molecule has 0 aliphatic carbocycles. The minimum Gasteiger partial charge on any atom is -0.497 e. The first kappa shape index (κ1) is 14.3. The highest BCUT2D eigenvalue weighted by Gasteiger charge is 2.13. The van der Waals surface area contributed by atoms with Crippen molar-refractivity contribution in [3.05, 3.63) is 42.0 Å². The quantitative estimate of drug-likeness (QED) is 0.849. The van der Waals surface area contributed by atoms with Crippen LogP contribution >= 0.6 is 12.2 Å². The van der Waals surface area contributed by atoms with E-state index in [2.05, 4.69) is 9.88 Å². The molecule has 20 heavy (non-hydrogen) atoms. The van der Waals surface area contributed by atoms with Crippen molar-refractivity contribution in [1.82, 2.24) is 9.55 Å². The van der Waals surface area contributed by atoms with Crippen LogP contribution in [0.4, 0.5) is 5.69 Å². The predicted molar refractivity (Wildman–Crippen MR) is 84.2 cm³/mol. The minimum absolute atomic E-state index is 0.370. The maximum atomic E-state index is 5.79. The number of nitrogens with two attached hydrogens (primary N) is 1. The average Bonchev–Trinajstić information content (AvgIpc) is 2.83. The molecule has 1 aromatic carbocycles. The number of rotatable bonds is 5. The predicted octanol–water partition coefficient (Wildman–Crippen LogP) is 1.70. The van der Waals surface area contributed by atoms with Gasteiger partial charge >= 0.3 is 0 Å². The van der Waals surface area contributed by atoms with Gasteiger partial charge in [-0.25, -0.2) is 4.98 Å². The third-order valence-corrected chi connectivity index (χ3v) is 3.40. The molecule has 0 unspecified atom stereocenters. The maximum absolute atomic E-state index is 5.79. The van der Waals surface area contributed by atoms with Gasteiger partial charge in [0, 0.05) is 38.1 Å². The normalized spacial score (nSPS) is 10.3. The largest absolute Gasteiger partial charge is 0.497 e. The van der Waals surface area contributed by atoms with Crippen LogP contribution in [-0.2, 0) is 13.6 Å². The molecule has 1 aromatic heterocycles. The van der Waals surface area contributed by atoms with Gasteiger partial charge in [0.05, 0.1) is 19.3 Å². The zero-order valence-corrected chi connectivity index (χ0v) is 12.6. The number of methoxy groups -OCH3 is 1. The lowest BCUT2D eigenvalue weighted by Crippen LogP contribution is -2.23. The molecule has 0 saturated heterocycles. The SMILES string of the molecule is COc1ccc(C(N)=S)c(N(C)Cc2nccn2C)c1. The molecule has 2 N–H and O–H groups in total. The number of hydrogen-bond acceptors (Lipinski definition) is 4. The molecule has 6 heteroatoms. The van der Waals surface area contributed by atoms with Gasteiger partial charge in [0.25, 0.3) is 0 Å². The summed E-state index contributed by atoms with van der Waals surface area (Å²) in [6, 6.07) is 5.66. The van der Waals surface area contributed by atoms with Gasteiger partial charge < -0.3 is 19.9 Å². The summed E-state index contributed by atoms with van der Waals surface area (Å²) < 4.78 is 7.25. The third-order valence-electron chi connectivity index (χ3n) is 3.18. The van der Waals surface area contributed by atoms with Gasteiger partial charge in [-0.05, 0) is 12.1 Å². The molecule has 0 saturated carbocycles. The second-order valence-electron chi connectivity index (χ2n) is 4.56. The number of ether oxygens (including phenoxy) is 1. The Morgan fingerprint density at radius 1 is 1.50 bits per heavy atom. The molecule has 0 aliphatic rings. The number of aryl methyl sites for hydroxylation is 1. The molecule has 0 radical (unpaired) electrons. The maximum Gasteiger partial charge on any atom is 0.127 e. The van der Waals surface area contributed by atoms with Crippen molar-refractivity contribution in [2.75, 3.05) is 19.1 Å². The van der Waals surface area contributed by atoms with E-state index in [1.54, 1.807) is 13.3 Å². The number of aromatic nitrogens is 2. The van der Waals surface area contributed by atoms with Crippen LogP contribution in [0.2, 0.25) is 0 Å². The Kier molecular flexibility index (Phi) is 4.24. The van der Waals surface area contributed by atoms with Gasteiger partial charge in [0.1, 0.15) is 16.6 Å². The molecule has 0 amide bonds. The Hall–Kier alpha value is -2.08. The Bertz CT molecular complexity index is 623. The van der Waals surface area contributed by atoms with Gasteiger partial charge in [0.2, 0.25) is 0 Å².